The van der Waals surface area contributed by atoms with Gasteiger partial charge < -0.3 is 10.4 Å². The molecule has 0 spiro atoms. The van der Waals surface area contributed by atoms with Gasteiger partial charge in [-0.3, -0.25) is 0 Å². The number of nitrogens with one attached hydrogen (secondary N) is 1. The number of aliphatic hydroxyl groups excluding tert-OH is 1. The summed E-state index contributed by atoms with van der Waals surface area (Å²) in [6.45, 7) is 7.64. The van der Waals surface area contributed by atoms with Crippen LogP contribution in [0.4, 0.5) is 0 Å². The van der Waals surface area contributed by atoms with Crippen molar-refractivity contribution in [3.63, 3.8) is 0 Å². The number of hydrogen-bond donors (Lipinski definition) is 2. The molecule has 3 heteroatoms. The van der Waals surface area contributed by atoms with Crippen molar-refractivity contribution in [3.8, 4) is 0 Å². The molecule has 0 aromatic heterocycles. The summed E-state index contributed by atoms with van der Waals surface area (Å²) in [5.74, 6) is 2.30. The van der Waals surface area contributed by atoms with E-state index in [1.165, 1.54) is 29.7 Å². The van der Waals surface area contributed by atoms with Crippen LogP contribution in [0.5, 0.6) is 0 Å². The highest BCUT2D eigenvalue weighted by atomic mass is 32.2. The lowest BCUT2D eigenvalue weighted by molar-refractivity contribution is 0.163. The van der Waals surface area contributed by atoms with Crippen molar-refractivity contribution in [1.82, 2.24) is 5.32 Å². The molecule has 2 N–H and O–H groups in total. The number of unbranched alkanes of at least 4 members (excludes halogenated alkanes) is 1. The van der Waals surface area contributed by atoms with Crippen LogP contribution >= 0.6 is 11.8 Å². The summed E-state index contributed by atoms with van der Waals surface area (Å²) in [5.41, 5.74) is 2.66. The number of aliphatic hydroxyl groups is 1. The van der Waals surface area contributed by atoms with Crippen LogP contribution in [0, 0.1) is 6.92 Å². The van der Waals surface area contributed by atoms with E-state index in [0.29, 0.717) is 0 Å². The predicted octanol–water partition coefficient (Wildman–Crippen LogP) is 4.15. The fourth-order valence-corrected chi connectivity index (χ4v) is 3.33. The van der Waals surface area contributed by atoms with Crippen LogP contribution in [-0.2, 0) is 5.75 Å². The highest BCUT2D eigenvalue weighted by Crippen LogP contribution is 2.18. The van der Waals surface area contributed by atoms with Crippen molar-refractivity contribution in [2.45, 2.75) is 57.7 Å². The van der Waals surface area contributed by atoms with Gasteiger partial charge in [0.1, 0.15) is 0 Å². The molecule has 1 aromatic rings. The Hall–Kier alpha value is -0.510. The van der Waals surface area contributed by atoms with Crippen LogP contribution in [0.1, 0.15) is 50.7 Å². The van der Waals surface area contributed by atoms with Gasteiger partial charge in [0.15, 0.2) is 0 Å². The minimum Gasteiger partial charge on any atom is -0.394 e. The second kappa shape index (κ2) is 10.3. The van der Waals surface area contributed by atoms with Crippen molar-refractivity contribution in [2.75, 3.05) is 18.9 Å². The van der Waals surface area contributed by atoms with Gasteiger partial charge in [-0.25, -0.2) is 0 Å². The topological polar surface area (TPSA) is 32.3 Å². The maximum atomic E-state index is 9.52. The quantitative estimate of drug-likeness (QED) is 0.602. The van der Waals surface area contributed by atoms with Gasteiger partial charge in [-0.05, 0) is 51.0 Å². The van der Waals surface area contributed by atoms with Crippen molar-refractivity contribution in [2.24, 2.45) is 0 Å². The Morgan fingerprint density at radius 2 is 2.10 bits per heavy atom. The van der Waals surface area contributed by atoms with E-state index in [4.69, 9.17) is 0 Å². The summed E-state index contributed by atoms with van der Waals surface area (Å²) in [4.78, 5) is 0. The molecule has 21 heavy (non-hydrogen) atoms. The second-order valence-corrected chi connectivity index (χ2v) is 7.25. The van der Waals surface area contributed by atoms with Crippen molar-refractivity contribution >= 4 is 11.8 Å². The highest BCUT2D eigenvalue weighted by molar-refractivity contribution is 7.98. The maximum absolute atomic E-state index is 9.52. The third kappa shape index (κ3) is 7.89. The molecule has 120 valence electrons. The van der Waals surface area contributed by atoms with Crippen LogP contribution < -0.4 is 5.32 Å². The normalized spacial score (nSPS) is 14.1. The molecular weight excluding hydrogens is 278 g/mol. The molecule has 1 atom stereocenters. The Labute approximate surface area is 134 Å². The molecule has 0 radical (unpaired) electrons. The smallest absolute Gasteiger partial charge is 0.0610 e. The molecule has 0 aliphatic carbocycles. The van der Waals surface area contributed by atoms with E-state index in [9.17, 15) is 5.11 Å². The van der Waals surface area contributed by atoms with E-state index in [2.05, 4.69) is 50.4 Å². The number of hydrogen-bond acceptors (Lipinski definition) is 3. The number of aryl methyl sites for hydroxylation is 1. The Bertz CT molecular complexity index is 397. The molecule has 0 heterocycles. The van der Waals surface area contributed by atoms with E-state index in [1.54, 1.807) is 0 Å². The first kappa shape index (κ1) is 18.5. The molecule has 1 unspecified atom stereocenters. The lowest BCUT2D eigenvalue weighted by Gasteiger charge is -2.28. The molecule has 0 aliphatic heterocycles. The fraction of sp³-hybridized carbons (Fsp3) is 0.667. The van der Waals surface area contributed by atoms with E-state index in [1.807, 2.05) is 11.8 Å². The molecular formula is C18H31NOS. The zero-order chi connectivity index (χ0) is 15.6. The number of rotatable bonds is 11. The molecule has 1 rings (SSSR count). The SMILES string of the molecule is CCCNC(C)(CO)CCCCSCc1cccc(C)c1. The minimum atomic E-state index is -0.1000. The number of benzene rings is 1. The van der Waals surface area contributed by atoms with E-state index in [-0.39, 0.29) is 12.1 Å². The van der Waals surface area contributed by atoms with Gasteiger partial charge in [-0.15, -0.1) is 0 Å². The highest BCUT2D eigenvalue weighted by Gasteiger charge is 2.21. The van der Waals surface area contributed by atoms with Crippen LogP contribution in [0.15, 0.2) is 24.3 Å². The summed E-state index contributed by atoms with van der Waals surface area (Å²) in [7, 11) is 0. The first-order chi connectivity index (χ1) is 10.1. The van der Waals surface area contributed by atoms with Gasteiger partial charge in [0.05, 0.1) is 6.61 Å². The van der Waals surface area contributed by atoms with Crippen LogP contribution in [0.3, 0.4) is 0 Å². The summed E-state index contributed by atoms with van der Waals surface area (Å²) in [6, 6.07) is 8.76. The van der Waals surface area contributed by atoms with E-state index in [0.717, 1.165) is 25.1 Å². The molecule has 0 saturated carbocycles. The first-order valence-corrected chi connectivity index (χ1v) is 9.24. The van der Waals surface area contributed by atoms with Crippen molar-refractivity contribution in [3.05, 3.63) is 35.4 Å². The Morgan fingerprint density at radius 3 is 2.76 bits per heavy atom. The largest absolute Gasteiger partial charge is 0.394 e. The van der Waals surface area contributed by atoms with Gasteiger partial charge >= 0.3 is 0 Å². The Morgan fingerprint density at radius 1 is 1.29 bits per heavy atom. The molecule has 0 aliphatic rings. The second-order valence-electron chi connectivity index (χ2n) is 6.14. The zero-order valence-corrected chi connectivity index (χ0v) is 14.6. The van der Waals surface area contributed by atoms with E-state index >= 15 is 0 Å². The van der Waals surface area contributed by atoms with Crippen molar-refractivity contribution in [1.29, 1.82) is 0 Å². The van der Waals surface area contributed by atoms with Gasteiger partial charge in [0, 0.05) is 11.3 Å². The predicted molar refractivity (Wildman–Crippen MR) is 95.0 cm³/mol. The standard InChI is InChI=1S/C18H31NOS/c1-4-11-19-18(3,15-20)10-5-6-12-21-14-17-9-7-8-16(2)13-17/h7-9,13,19-20H,4-6,10-12,14-15H2,1-3H3. The van der Waals surface area contributed by atoms with Gasteiger partial charge in [-0.1, -0.05) is 43.2 Å². The molecule has 0 bridgehead atoms. The maximum Gasteiger partial charge on any atom is 0.0610 e. The lowest BCUT2D eigenvalue weighted by Crippen LogP contribution is -2.46. The third-order valence-electron chi connectivity index (χ3n) is 3.77. The third-order valence-corrected chi connectivity index (χ3v) is 4.88. The van der Waals surface area contributed by atoms with Crippen molar-refractivity contribution < 1.29 is 5.11 Å². The van der Waals surface area contributed by atoms with Gasteiger partial charge in [-0.2, -0.15) is 11.8 Å². The summed E-state index contributed by atoms with van der Waals surface area (Å²) < 4.78 is 0. The molecule has 0 amide bonds. The average Bonchev–Trinajstić information content (AvgIpc) is 2.49. The fourth-order valence-electron chi connectivity index (χ4n) is 2.36. The molecule has 2 nitrogen and oxygen atoms in total. The van der Waals surface area contributed by atoms with Crippen LogP contribution in [0.25, 0.3) is 0 Å². The number of thioether (sulfide) groups is 1. The monoisotopic (exact) mass is 309 g/mol. The minimum absolute atomic E-state index is 0.1000. The first-order valence-electron chi connectivity index (χ1n) is 8.09. The van der Waals surface area contributed by atoms with E-state index < -0.39 is 0 Å². The lowest BCUT2D eigenvalue weighted by atomic mass is 9.96. The summed E-state index contributed by atoms with van der Waals surface area (Å²) in [5, 5.41) is 13.0. The molecule has 1 aromatic carbocycles. The summed E-state index contributed by atoms with van der Waals surface area (Å²) >= 11 is 2.01. The zero-order valence-electron chi connectivity index (χ0n) is 13.8. The summed E-state index contributed by atoms with van der Waals surface area (Å²) in [6.07, 6.45) is 4.56. The Balaban J connectivity index is 2.13. The molecule has 0 saturated heterocycles. The van der Waals surface area contributed by atoms with Gasteiger partial charge in [0.2, 0.25) is 0 Å². The van der Waals surface area contributed by atoms with Gasteiger partial charge in [0.25, 0.3) is 0 Å². The molecule has 0 fully saturated rings. The Kier molecular flexibility index (Phi) is 9.05. The van der Waals surface area contributed by atoms with Crippen LogP contribution in [0.2, 0.25) is 0 Å². The van der Waals surface area contributed by atoms with Crippen LogP contribution in [-0.4, -0.2) is 29.5 Å². The average molecular weight is 310 g/mol.